The van der Waals surface area contributed by atoms with Gasteiger partial charge in [0.1, 0.15) is 5.16 Å². The van der Waals surface area contributed by atoms with Crippen molar-refractivity contribution in [1.29, 1.82) is 0 Å². The van der Waals surface area contributed by atoms with E-state index in [9.17, 15) is 4.79 Å². The molecule has 1 unspecified atom stereocenters. The summed E-state index contributed by atoms with van der Waals surface area (Å²) < 4.78 is 0. The summed E-state index contributed by atoms with van der Waals surface area (Å²) >= 11 is 0. The number of carboxylic acids is 1. The Morgan fingerprint density at radius 1 is 1.50 bits per heavy atom. The monoisotopic (exact) mass is 161 g/mol. The predicted molar refractivity (Wildman–Crippen MR) is 43.6 cm³/mol. The van der Waals surface area contributed by atoms with Gasteiger partial charge in [0.25, 0.3) is 0 Å². The lowest BCUT2D eigenvalue weighted by Gasteiger charge is -2.32. The molecule has 0 spiro atoms. The topological polar surface area (TPSA) is 63.3 Å². The van der Waals surface area contributed by atoms with Gasteiger partial charge in [-0.05, 0) is 6.92 Å². The molecule has 0 aromatic heterocycles. The van der Waals surface area contributed by atoms with Crippen molar-refractivity contribution < 1.29 is 9.90 Å². The standard InChI is InChI=1S/C6H15NO2Si/c1-6(7,5(8)9)10(2,3)4/h7H2,1-4H3,(H,8,9). The molecule has 0 aliphatic rings. The Morgan fingerprint density at radius 3 is 1.80 bits per heavy atom. The molecule has 0 aromatic carbocycles. The fourth-order valence-corrected chi connectivity index (χ4v) is 0.962. The maximum Gasteiger partial charge on any atom is 0.320 e. The van der Waals surface area contributed by atoms with Crippen LogP contribution in [0.4, 0.5) is 0 Å². The number of nitrogens with two attached hydrogens (primary N) is 1. The van der Waals surface area contributed by atoms with Crippen molar-refractivity contribution in [2.45, 2.75) is 31.7 Å². The molecule has 0 aliphatic heterocycles. The highest BCUT2D eigenvalue weighted by atomic mass is 28.3. The Balaban J connectivity index is 4.57. The van der Waals surface area contributed by atoms with Crippen molar-refractivity contribution >= 4 is 14.0 Å². The number of hydrogen-bond donors (Lipinski definition) is 2. The van der Waals surface area contributed by atoms with E-state index in [1.54, 1.807) is 6.92 Å². The predicted octanol–water partition coefficient (Wildman–Crippen LogP) is 0.666. The van der Waals surface area contributed by atoms with Crippen molar-refractivity contribution in [1.82, 2.24) is 0 Å². The summed E-state index contributed by atoms with van der Waals surface area (Å²) in [5.74, 6) is -0.897. The molecule has 0 aromatic rings. The Labute approximate surface area is 62.2 Å². The minimum absolute atomic E-state index is 0.897. The van der Waals surface area contributed by atoms with Crippen molar-refractivity contribution in [3.63, 3.8) is 0 Å². The third-order valence-corrected chi connectivity index (χ3v) is 5.33. The van der Waals surface area contributed by atoms with Crippen LogP contribution in [0.3, 0.4) is 0 Å². The zero-order chi connectivity index (χ0) is 8.58. The fraction of sp³-hybridized carbons (Fsp3) is 0.833. The zero-order valence-corrected chi connectivity index (χ0v) is 7.93. The summed E-state index contributed by atoms with van der Waals surface area (Å²) in [6.07, 6.45) is 0. The number of carboxylic acid groups (broad SMARTS) is 1. The Bertz CT molecular complexity index is 148. The second-order valence-electron chi connectivity index (χ2n) is 3.76. The summed E-state index contributed by atoms with van der Waals surface area (Å²) in [5, 5.41) is 7.68. The van der Waals surface area contributed by atoms with Gasteiger partial charge in [-0.3, -0.25) is 4.79 Å². The van der Waals surface area contributed by atoms with Gasteiger partial charge >= 0.3 is 5.97 Å². The summed E-state index contributed by atoms with van der Waals surface area (Å²) in [7, 11) is -1.77. The molecule has 0 radical (unpaired) electrons. The number of rotatable bonds is 2. The highest BCUT2D eigenvalue weighted by molar-refractivity contribution is 6.82. The maximum atomic E-state index is 10.6. The first-order valence-electron chi connectivity index (χ1n) is 3.22. The van der Waals surface area contributed by atoms with E-state index in [-0.39, 0.29) is 0 Å². The molecule has 0 heterocycles. The quantitative estimate of drug-likeness (QED) is 0.585. The largest absolute Gasteiger partial charge is 0.480 e. The molecule has 4 heteroatoms. The molecule has 3 N–H and O–H groups in total. The van der Waals surface area contributed by atoms with Gasteiger partial charge in [0.05, 0.1) is 8.07 Å². The van der Waals surface area contributed by atoms with E-state index < -0.39 is 19.2 Å². The van der Waals surface area contributed by atoms with Gasteiger partial charge in [-0.25, -0.2) is 0 Å². The Kier molecular flexibility index (Phi) is 2.27. The maximum absolute atomic E-state index is 10.6. The lowest BCUT2D eigenvalue weighted by atomic mass is 10.4. The SMILES string of the molecule is CC(N)(C(=O)O)[Si](C)(C)C. The molecule has 0 amide bonds. The van der Waals surface area contributed by atoms with Crippen LogP contribution in [0.25, 0.3) is 0 Å². The van der Waals surface area contributed by atoms with E-state index in [1.807, 2.05) is 19.6 Å². The molecular formula is C6H15NO2Si. The molecule has 10 heavy (non-hydrogen) atoms. The molecule has 0 rings (SSSR count). The van der Waals surface area contributed by atoms with Crippen LogP contribution in [0.2, 0.25) is 19.6 Å². The van der Waals surface area contributed by atoms with Crippen molar-refractivity contribution in [3.05, 3.63) is 0 Å². The molecular weight excluding hydrogens is 146 g/mol. The second kappa shape index (κ2) is 2.36. The van der Waals surface area contributed by atoms with E-state index in [0.717, 1.165) is 0 Å². The van der Waals surface area contributed by atoms with Crippen molar-refractivity contribution in [3.8, 4) is 0 Å². The highest BCUT2D eigenvalue weighted by Gasteiger charge is 2.42. The average molecular weight is 161 g/mol. The third kappa shape index (κ3) is 1.57. The molecule has 3 nitrogen and oxygen atoms in total. The van der Waals surface area contributed by atoms with Gasteiger partial charge in [-0.2, -0.15) is 0 Å². The van der Waals surface area contributed by atoms with Crippen LogP contribution in [0.15, 0.2) is 0 Å². The Morgan fingerprint density at radius 2 is 1.80 bits per heavy atom. The van der Waals surface area contributed by atoms with Gasteiger partial charge in [0.15, 0.2) is 0 Å². The third-order valence-electron chi connectivity index (χ3n) is 2.00. The lowest BCUT2D eigenvalue weighted by molar-refractivity contribution is -0.139. The van der Waals surface area contributed by atoms with Crippen LogP contribution < -0.4 is 5.73 Å². The smallest absolute Gasteiger partial charge is 0.320 e. The van der Waals surface area contributed by atoms with E-state index in [2.05, 4.69) is 0 Å². The van der Waals surface area contributed by atoms with Crippen LogP contribution in [0.5, 0.6) is 0 Å². The van der Waals surface area contributed by atoms with E-state index in [0.29, 0.717) is 0 Å². The van der Waals surface area contributed by atoms with E-state index in [1.165, 1.54) is 0 Å². The first-order valence-corrected chi connectivity index (χ1v) is 6.72. The second-order valence-corrected chi connectivity index (χ2v) is 9.30. The molecule has 0 fully saturated rings. The molecule has 0 saturated carbocycles. The lowest BCUT2D eigenvalue weighted by Crippen LogP contribution is -2.62. The zero-order valence-electron chi connectivity index (χ0n) is 6.93. The molecule has 0 bridgehead atoms. The summed E-state index contributed by atoms with van der Waals surface area (Å²) in [6, 6.07) is 0. The van der Waals surface area contributed by atoms with E-state index >= 15 is 0 Å². The van der Waals surface area contributed by atoms with Crippen LogP contribution in [-0.2, 0) is 4.79 Å². The first-order chi connectivity index (χ1) is 4.19. The van der Waals surface area contributed by atoms with Crippen LogP contribution >= 0.6 is 0 Å². The summed E-state index contributed by atoms with van der Waals surface area (Å²) in [5.41, 5.74) is 5.60. The van der Waals surface area contributed by atoms with Gasteiger partial charge < -0.3 is 10.8 Å². The fourth-order valence-electron chi connectivity index (χ4n) is 0.321. The first kappa shape index (κ1) is 9.65. The van der Waals surface area contributed by atoms with Crippen molar-refractivity contribution in [2.75, 3.05) is 0 Å². The highest BCUT2D eigenvalue weighted by Crippen LogP contribution is 2.16. The molecule has 60 valence electrons. The van der Waals surface area contributed by atoms with Crippen LogP contribution in [-0.4, -0.2) is 24.3 Å². The van der Waals surface area contributed by atoms with Crippen LogP contribution in [0, 0.1) is 0 Å². The van der Waals surface area contributed by atoms with Crippen LogP contribution in [0.1, 0.15) is 6.92 Å². The molecule has 1 atom stereocenters. The number of aliphatic carboxylic acids is 1. The summed E-state index contributed by atoms with van der Waals surface area (Å²) in [6.45, 7) is 7.42. The van der Waals surface area contributed by atoms with Crippen molar-refractivity contribution in [2.24, 2.45) is 5.73 Å². The summed E-state index contributed by atoms with van der Waals surface area (Å²) in [4.78, 5) is 10.6. The Hall–Kier alpha value is -0.353. The van der Waals surface area contributed by atoms with Gasteiger partial charge in [0.2, 0.25) is 0 Å². The minimum Gasteiger partial charge on any atom is -0.480 e. The number of hydrogen-bond acceptors (Lipinski definition) is 2. The minimum atomic E-state index is -1.77. The van der Waals surface area contributed by atoms with Gasteiger partial charge in [-0.15, -0.1) is 0 Å². The van der Waals surface area contributed by atoms with Gasteiger partial charge in [0, 0.05) is 0 Å². The van der Waals surface area contributed by atoms with Gasteiger partial charge in [-0.1, -0.05) is 19.6 Å². The van der Waals surface area contributed by atoms with E-state index in [4.69, 9.17) is 10.8 Å². The molecule has 0 aliphatic carbocycles. The molecule has 0 saturated heterocycles. The number of carbonyl (C=O) groups is 1. The average Bonchev–Trinajstić information content (AvgIpc) is 1.62. The normalized spacial score (nSPS) is 18.1.